The van der Waals surface area contributed by atoms with Gasteiger partial charge in [-0.2, -0.15) is 0 Å². The minimum absolute atomic E-state index is 0.161. The Morgan fingerprint density at radius 3 is 2.52 bits per heavy atom. The smallest absolute Gasteiger partial charge is 0.221 e. The molecule has 2 aromatic heterocycles. The number of anilines is 1. The maximum atomic E-state index is 12.9. The van der Waals surface area contributed by atoms with E-state index < -0.39 is 9.84 Å². The summed E-state index contributed by atoms with van der Waals surface area (Å²) < 4.78 is 25.8. The normalized spacial score (nSPS) is 15.6. The lowest BCUT2D eigenvalue weighted by atomic mass is 10.2. The van der Waals surface area contributed by atoms with Crippen molar-refractivity contribution in [3.05, 3.63) is 47.6 Å². The quantitative estimate of drug-likeness (QED) is 0.734. The number of hydrogen-bond donors (Lipinski definition) is 2. The number of aromatic amines is 1. The molecule has 0 amide bonds. The standard InChI is InChI=1S/C17H17ClN4O2S/c18-12-1-3-13(4-2-12)25(23,24)16-11-14-15(21-16)5-6-20-17(14)22-9-7-19-8-10-22/h1-6,11,19,21H,7-10H2. The number of aromatic nitrogens is 2. The molecule has 1 saturated heterocycles. The van der Waals surface area contributed by atoms with E-state index in [0.29, 0.717) is 5.02 Å². The Morgan fingerprint density at radius 1 is 1.08 bits per heavy atom. The third kappa shape index (κ3) is 2.99. The molecule has 0 radical (unpaired) electrons. The molecule has 8 heteroatoms. The summed E-state index contributed by atoms with van der Waals surface area (Å²) in [5.41, 5.74) is 0.760. The van der Waals surface area contributed by atoms with E-state index in [4.69, 9.17) is 11.6 Å². The van der Waals surface area contributed by atoms with Gasteiger partial charge in [-0.25, -0.2) is 13.4 Å². The van der Waals surface area contributed by atoms with Crippen molar-refractivity contribution in [3.8, 4) is 0 Å². The van der Waals surface area contributed by atoms with Gasteiger partial charge in [-0.15, -0.1) is 0 Å². The number of halogens is 1. The Bertz CT molecular complexity index is 1010. The molecule has 0 atom stereocenters. The number of sulfone groups is 1. The second kappa shape index (κ2) is 6.33. The van der Waals surface area contributed by atoms with Crippen LogP contribution in [-0.2, 0) is 9.84 Å². The predicted molar refractivity (Wildman–Crippen MR) is 98.1 cm³/mol. The van der Waals surface area contributed by atoms with Crippen molar-refractivity contribution >= 4 is 38.2 Å². The molecular formula is C17H17ClN4O2S. The molecule has 2 N–H and O–H groups in total. The number of nitrogens with one attached hydrogen (secondary N) is 2. The van der Waals surface area contributed by atoms with Crippen LogP contribution in [0.1, 0.15) is 0 Å². The van der Waals surface area contributed by atoms with Crippen LogP contribution in [0.4, 0.5) is 5.82 Å². The SMILES string of the molecule is O=S(=O)(c1ccc(Cl)cc1)c1cc2c(N3CCNCC3)nccc2[nH]1. The van der Waals surface area contributed by atoms with Crippen LogP contribution in [0.25, 0.3) is 10.9 Å². The highest BCUT2D eigenvalue weighted by Gasteiger charge is 2.22. The van der Waals surface area contributed by atoms with Gasteiger partial charge in [-0.3, -0.25) is 0 Å². The van der Waals surface area contributed by atoms with Crippen molar-refractivity contribution in [2.24, 2.45) is 0 Å². The second-order valence-electron chi connectivity index (χ2n) is 5.92. The lowest BCUT2D eigenvalue weighted by molar-refractivity contribution is 0.586. The monoisotopic (exact) mass is 376 g/mol. The largest absolute Gasteiger partial charge is 0.354 e. The van der Waals surface area contributed by atoms with Crippen molar-refractivity contribution in [3.63, 3.8) is 0 Å². The number of hydrogen-bond acceptors (Lipinski definition) is 5. The molecule has 4 rings (SSSR count). The minimum atomic E-state index is -3.64. The van der Waals surface area contributed by atoms with Crippen molar-refractivity contribution in [2.75, 3.05) is 31.1 Å². The number of fused-ring (bicyclic) bond motifs is 1. The van der Waals surface area contributed by atoms with Gasteiger partial charge in [0.15, 0.2) is 0 Å². The topological polar surface area (TPSA) is 78.1 Å². The maximum absolute atomic E-state index is 12.9. The van der Waals surface area contributed by atoms with Crippen molar-refractivity contribution < 1.29 is 8.42 Å². The van der Waals surface area contributed by atoms with E-state index in [1.807, 2.05) is 0 Å². The Kier molecular flexibility index (Phi) is 4.15. The van der Waals surface area contributed by atoms with Crippen LogP contribution in [0.15, 0.2) is 52.5 Å². The van der Waals surface area contributed by atoms with E-state index in [1.165, 1.54) is 12.1 Å². The van der Waals surface area contributed by atoms with Crippen LogP contribution in [0, 0.1) is 0 Å². The van der Waals surface area contributed by atoms with Crippen molar-refractivity contribution in [2.45, 2.75) is 9.92 Å². The fraction of sp³-hybridized carbons (Fsp3) is 0.235. The molecule has 1 aromatic carbocycles. The van der Waals surface area contributed by atoms with Gasteiger partial charge in [0.05, 0.1) is 10.4 Å². The van der Waals surface area contributed by atoms with Gasteiger partial charge in [0, 0.05) is 42.8 Å². The van der Waals surface area contributed by atoms with Gasteiger partial charge in [0.25, 0.3) is 0 Å². The highest BCUT2D eigenvalue weighted by molar-refractivity contribution is 7.91. The summed E-state index contributed by atoms with van der Waals surface area (Å²) in [4.78, 5) is 9.88. The third-order valence-corrected chi connectivity index (χ3v) is 6.28. The zero-order valence-corrected chi connectivity index (χ0v) is 14.9. The van der Waals surface area contributed by atoms with Gasteiger partial charge in [0.2, 0.25) is 9.84 Å². The van der Waals surface area contributed by atoms with Crippen molar-refractivity contribution in [1.29, 1.82) is 0 Å². The summed E-state index contributed by atoms with van der Waals surface area (Å²) in [6.07, 6.45) is 1.70. The Hall–Kier alpha value is -2.09. The molecule has 0 unspecified atom stereocenters. The lowest BCUT2D eigenvalue weighted by Gasteiger charge is -2.28. The maximum Gasteiger partial charge on any atom is 0.221 e. The molecule has 1 fully saturated rings. The molecule has 130 valence electrons. The van der Waals surface area contributed by atoms with Crippen LogP contribution >= 0.6 is 11.6 Å². The summed E-state index contributed by atoms with van der Waals surface area (Å²) in [6, 6.07) is 9.64. The number of nitrogens with zero attached hydrogens (tertiary/aromatic N) is 2. The Morgan fingerprint density at radius 2 is 1.80 bits per heavy atom. The first kappa shape index (κ1) is 16.4. The number of piperazine rings is 1. The Labute approximate surface area is 150 Å². The summed E-state index contributed by atoms with van der Waals surface area (Å²) >= 11 is 5.86. The zero-order chi connectivity index (χ0) is 17.4. The van der Waals surface area contributed by atoms with Crippen LogP contribution in [0.3, 0.4) is 0 Å². The second-order valence-corrected chi connectivity index (χ2v) is 8.28. The number of rotatable bonds is 3. The number of H-pyrrole nitrogens is 1. The zero-order valence-electron chi connectivity index (χ0n) is 13.4. The third-order valence-electron chi connectivity index (χ3n) is 4.33. The molecule has 0 saturated carbocycles. The van der Waals surface area contributed by atoms with Crippen LogP contribution in [0.5, 0.6) is 0 Å². The fourth-order valence-electron chi connectivity index (χ4n) is 3.03. The molecule has 6 nitrogen and oxygen atoms in total. The van der Waals surface area contributed by atoms with Crippen LogP contribution in [-0.4, -0.2) is 44.6 Å². The molecule has 3 heterocycles. The predicted octanol–water partition coefficient (Wildman–Crippen LogP) is 2.46. The first-order valence-corrected chi connectivity index (χ1v) is 9.86. The van der Waals surface area contributed by atoms with Gasteiger partial charge in [0.1, 0.15) is 10.8 Å². The lowest BCUT2D eigenvalue weighted by Crippen LogP contribution is -2.43. The first-order chi connectivity index (χ1) is 12.1. The van der Waals surface area contributed by atoms with Gasteiger partial charge < -0.3 is 15.2 Å². The number of pyridine rings is 1. The van der Waals surface area contributed by atoms with E-state index >= 15 is 0 Å². The van der Waals surface area contributed by atoms with Crippen LogP contribution in [0.2, 0.25) is 5.02 Å². The van der Waals surface area contributed by atoms with Crippen LogP contribution < -0.4 is 10.2 Å². The highest BCUT2D eigenvalue weighted by Crippen LogP contribution is 2.30. The molecular weight excluding hydrogens is 360 g/mol. The first-order valence-electron chi connectivity index (χ1n) is 8.00. The molecule has 1 aliphatic rings. The van der Waals surface area contributed by atoms with Gasteiger partial charge in [-0.1, -0.05) is 11.6 Å². The fourth-order valence-corrected chi connectivity index (χ4v) is 4.42. The van der Waals surface area contributed by atoms with Crippen molar-refractivity contribution in [1.82, 2.24) is 15.3 Å². The van der Waals surface area contributed by atoms with E-state index in [1.54, 1.807) is 30.5 Å². The summed E-state index contributed by atoms with van der Waals surface area (Å²) in [5, 5.41) is 4.78. The van der Waals surface area contributed by atoms with E-state index in [0.717, 1.165) is 42.9 Å². The summed E-state index contributed by atoms with van der Waals surface area (Å²) in [6.45, 7) is 3.46. The average molecular weight is 377 g/mol. The van der Waals surface area contributed by atoms with E-state index in [9.17, 15) is 8.42 Å². The summed E-state index contributed by atoms with van der Waals surface area (Å²) in [5.74, 6) is 0.813. The minimum Gasteiger partial charge on any atom is -0.354 e. The number of benzene rings is 1. The molecule has 0 spiro atoms. The van der Waals surface area contributed by atoms with Gasteiger partial charge in [-0.05, 0) is 36.4 Å². The highest BCUT2D eigenvalue weighted by atomic mass is 35.5. The molecule has 3 aromatic rings. The Balaban J connectivity index is 1.80. The molecule has 0 bridgehead atoms. The van der Waals surface area contributed by atoms with E-state index in [2.05, 4.69) is 20.2 Å². The molecule has 1 aliphatic heterocycles. The summed E-state index contributed by atoms with van der Waals surface area (Å²) in [7, 11) is -3.64. The average Bonchev–Trinajstić information content (AvgIpc) is 3.08. The van der Waals surface area contributed by atoms with Gasteiger partial charge >= 0.3 is 0 Å². The van der Waals surface area contributed by atoms with E-state index in [-0.39, 0.29) is 9.92 Å². The molecule has 0 aliphatic carbocycles. The molecule has 25 heavy (non-hydrogen) atoms.